The Bertz CT molecular complexity index is 1120. The summed E-state index contributed by atoms with van der Waals surface area (Å²) in [5, 5.41) is 6.03. The van der Waals surface area contributed by atoms with Gasteiger partial charge in [0.15, 0.2) is 12.3 Å². The molecule has 0 aliphatic carbocycles. The van der Waals surface area contributed by atoms with Gasteiger partial charge in [0.05, 0.1) is 11.7 Å². The first-order valence-corrected chi connectivity index (χ1v) is 10.6. The number of hydrogen-bond donors (Lipinski definition) is 2. The lowest BCUT2D eigenvalue weighted by molar-refractivity contribution is -0.123. The maximum Gasteiger partial charge on any atom is 0.272 e. The molecule has 8 heteroatoms. The molecule has 3 heterocycles. The van der Waals surface area contributed by atoms with Gasteiger partial charge in [0.1, 0.15) is 5.75 Å². The molecular formula is C23H28N4O4. The number of fused-ring (bicyclic) bond motifs is 1. The third-order valence-corrected chi connectivity index (χ3v) is 5.73. The zero-order valence-electron chi connectivity index (χ0n) is 18.1. The molecule has 1 amide bonds. The monoisotopic (exact) mass is 424 g/mol. The molecule has 2 N–H and O–H groups in total. The van der Waals surface area contributed by atoms with Crippen LogP contribution in [0.2, 0.25) is 0 Å². The Labute approximate surface area is 180 Å². The number of aromatic amines is 1. The van der Waals surface area contributed by atoms with Gasteiger partial charge < -0.3 is 14.8 Å². The number of nitrogens with zero attached hydrogens (tertiary/aromatic N) is 2. The van der Waals surface area contributed by atoms with Crippen LogP contribution in [0.15, 0.2) is 35.1 Å². The van der Waals surface area contributed by atoms with E-state index in [0.717, 1.165) is 48.6 Å². The molecule has 164 valence electrons. The van der Waals surface area contributed by atoms with Crippen LogP contribution in [0.1, 0.15) is 54.2 Å². The summed E-state index contributed by atoms with van der Waals surface area (Å²) in [5.41, 5.74) is 3.82. The highest BCUT2D eigenvalue weighted by Gasteiger charge is 2.20. The maximum atomic E-state index is 12.6. The minimum Gasteiger partial charge on any atom is -0.483 e. The molecule has 3 aromatic rings. The maximum absolute atomic E-state index is 12.6. The van der Waals surface area contributed by atoms with Gasteiger partial charge >= 0.3 is 0 Å². The summed E-state index contributed by atoms with van der Waals surface area (Å²) in [7, 11) is 0. The van der Waals surface area contributed by atoms with Crippen LogP contribution in [-0.4, -0.2) is 40.3 Å². The van der Waals surface area contributed by atoms with Crippen LogP contribution in [0.4, 0.5) is 0 Å². The summed E-state index contributed by atoms with van der Waals surface area (Å²) in [6.07, 6.45) is 1.84. The summed E-state index contributed by atoms with van der Waals surface area (Å²) >= 11 is 0. The van der Waals surface area contributed by atoms with Crippen molar-refractivity contribution in [2.75, 3.05) is 19.8 Å². The second kappa shape index (κ2) is 8.93. The van der Waals surface area contributed by atoms with E-state index in [2.05, 4.69) is 15.4 Å². The fourth-order valence-corrected chi connectivity index (χ4v) is 3.99. The Morgan fingerprint density at radius 2 is 2.00 bits per heavy atom. The van der Waals surface area contributed by atoms with Crippen molar-refractivity contribution >= 4 is 11.6 Å². The van der Waals surface area contributed by atoms with Gasteiger partial charge in [0.2, 0.25) is 0 Å². The zero-order valence-corrected chi connectivity index (χ0v) is 18.1. The number of benzene rings is 1. The molecule has 2 aromatic heterocycles. The molecule has 1 aliphatic rings. The third kappa shape index (κ3) is 4.64. The topological polar surface area (TPSA) is 97.7 Å². The molecule has 4 rings (SSSR count). The lowest BCUT2D eigenvalue weighted by Gasteiger charge is -2.20. The van der Waals surface area contributed by atoms with Crippen molar-refractivity contribution in [1.82, 2.24) is 19.9 Å². The van der Waals surface area contributed by atoms with E-state index in [9.17, 15) is 9.59 Å². The quantitative estimate of drug-likeness (QED) is 0.634. The van der Waals surface area contributed by atoms with Crippen LogP contribution in [0.25, 0.3) is 5.65 Å². The SMILES string of the molecule is Cc1cccc(C)c1OCC(=O)N[C@@H](C)c1cc(=O)n2[nH]c(C3CCOCC3)cc2n1. The fraction of sp³-hybridized carbons (Fsp3) is 0.435. The van der Waals surface area contributed by atoms with E-state index in [1.807, 2.05) is 38.1 Å². The highest BCUT2D eigenvalue weighted by Crippen LogP contribution is 2.26. The minimum absolute atomic E-state index is 0.102. The summed E-state index contributed by atoms with van der Waals surface area (Å²) in [6, 6.07) is 8.79. The molecule has 1 fully saturated rings. The third-order valence-electron chi connectivity index (χ3n) is 5.73. The number of rotatable bonds is 6. The van der Waals surface area contributed by atoms with Gasteiger partial charge in [-0.15, -0.1) is 0 Å². The van der Waals surface area contributed by atoms with Crippen LogP contribution in [0.3, 0.4) is 0 Å². The van der Waals surface area contributed by atoms with Crippen LogP contribution < -0.4 is 15.6 Å². The van der Waals surface area contributed by atoms with Gasteiger partial charge in [0.25, 0.3) is 11.5 Å². The summed E-state index contributed by atoms with van der Waals surface area (Å²) < 4.78 is 12.6. The molecule has 1 atom stereocenters. The molecule has 0 spiro atoms. The number of ether oxygens (including phenoxy) is 2. The van der Waals surface area contributed by atoms with Gasteiger partial charge in [-0.05, 0) is 44.7 Å². The molecule has 0 saturated carbocycles. The van der Waals surface area contributed by atoms with Crippen molar-refractivity contribution in [3.8, 4) is 5.75 Å². The highest BCUT2D eigenvalue weighted by molar-refractivity contribution is 5.78. The van der Waals surface area contributed by atoms with Crippen LogP contribution in [0.5, 0.6) is 5.75 Å². The highest BCUT2D eigenvalue weighted by atomic mass is 16.5. The smallest absolute Gasteiger partial charge is 0.272 e. The minimum atomic E-state index is -0.423. The average Bonchev–Trinajstić information content (AvgIpc) is 3.19. The number of amides is 1. The Hall–Kier alpha value is -3.13. The first kappa shape index (κ1) is 21.1. The Morgan fingerprint density at radius 3 is 2.71 bits per heavy atom. The van der Waals surface area contributed by atoms with E-state index in [4.69, 9.17) is 9.47 Å². The van der Waals surface area contributed by atoms with Crippen molar-refractivity contribution in [3.05, 3.63) is 63.2 Å². The number of para-hydroxylation sites is 1. The van der Waals surface area contributed by atoms with Crippen molar-refractivity contribution in [1.29, 1.82) is 0 Å². The molecule has 8 nitrogen and oxygen atoms in total. The largest absolute Gasteiger partial charge is 0.483 e. The molecule has 1 aromatic carbocycles. The van der Waals surface area contributed by atoms with Crippen LogP contribution in [-0.2, 0) is 9.53 Å². The number of aromatic nitrogens is 3. The second-order valence-electron chi connectivity index (χ2n) is 8.11. The predicted molar refractivity (Wildman–Crippen MR) is 117 cm³/mol. The molecule has 0 unspecified atom stereocenters. The number of hydrogen-bond acceptors (Lipinski definition) is 5. The van der Waals surface area contributed by atoms with E-state index in [0.29, 0.717) is 17.3 Å². The Morgan fingerprint density at radius 1 is 1.29 bits per heavy atom. The van der Waals surface area contributed by atoms with Gasteiger partial charge in [0, 0.05) is 37.0 Å². The van der Waals surface area contributed by atoms with E-state index in [1.165, 1.54) is 10.6 Å². The van der Waals surface area contributed by atoms with E-state index in [1.54, 1.807) is 6.92 Å². The fourth-order valence-electron chi connectivity index (χ4n) is 3.99. The number of nitrogens with one attached hydrogen (secondary N) is 2. The predicted octanol–water partition coefficient (Wildman–Crippen LogP) is 2.79. The lowest BCUT2D eigenvalue weighted by Crippen LogP contribution is -2.32. The van der Waals surface area contributed by atoms with Gasteiger partial charge in [-0.2, -0.15) is 0 Å². The standard InChI is InChI=1S/C23H28N4O4/c1-14-5-4-6-15(2)23(14)31-13-21(28)24-16(3)18-12-22(29)27-20(25-18)11-19(26-27)17-7-9-30-10-8-17/h4-6,11-12,16-17,26H,7-10,13H2,1-3H3,(H,24,28)/t16-/m0/s1. The molecule has 1 aliphatic heterocycles. The van der Waals surface area contributed by atoms with Gasteiger partial charge in [-0.25, -0.2) is 9.50 Å². The summed E-state index contributed by atoms with van der Waals surface area (Å²) in [6.45, 7) is 7.04. The van der Waals surface area contributed by atoms with Crippen molar-refractivity contribution in [2.24, 2.45) is 0 Å². The molecule has 31 heavy (non-hydrogen) atoms. The van der Waals surface area contributed by atoms with Crippen molar-refractivity contribution in [3.63, 3.8) is 0 Å². The lowest BCUT2D eigenvalue weighted by atomic mass is 9.97. The zero-order chi connectivity index (χ0) is 22.0. The van der Waals surface area contributed by atoms with E-state index >= 15 is 0 Å². The normalized spacial score (nSPS) is 15.7. The van der Waals surface area contributed by atoms with Crippen LogP contribution in [0, 0.1) is 13.8 Å². The molecule has 0 radical (unpaired) electrons. The van der Waals surface area contributed by atoms with Crippen LogP contribution >= 0.6 is 0 Å². The van der Waals surface area contributed by atoms with Gasteiger partial charge in [-0.3, -0.25) is 14.7 Å². The molecule has 1 saturated heterocycles. The first-order chi connectivity index (χ1) is 14.9. The number of aryl methyl sites for hydroxylation is 2. The summed E-state index contributed by atoms with van der Waals surface area (Å²) in [5.74, 6) is 0.780. The first-order valence-electron chi connectivity index (χ1n) is 10.6. The van der Waals surface area contributed by atoms with E-state index in [-0.39, 0.29) is 18.1 Å². The van der Waals surface area contributed by atoms with E-state index < -0.39 is 6.04 Å². The van der Waals surface area contributed by atoms with Gasteiger partial charge in [-0.1, -0.05) is 18.2 Å². The summed E-state index contributed by atoms with van der Waals surface area (Å²) in [4.78, 5) is 29.6. The van der Waals surface area contributed by atoms with Crippen molar-refractivity contribution in [2.45, 2.75) is 45.6 Å². The second-order valence-corrected chi connectivity index (χ2v) is 8.11. The molecular weight excluding hydrogens is 396 g/mol. The Balaban J connectivity index is 1.45. The van der Waals surface area contributed by atoms with Crippen molar-refractivity contribution < 1.29 is 14.3 Å². The number of carbonyl (C=O) groups excluding carboxylic acids is 1. The average molecular weight is 425 g/mol. The Kier molecular flexibility index (Phi) is 6.08. The number of carbonyl (C=O) groups is 1. The number of H-pyrrole nitrogens is 1. The molecule has 0 bridgehead atoms.